The zero-order chi connectivity index (χ0) is 12.5. The average Bonchev–Trinajstić information content (AvgIpc) is 2.72. The van der Waals surface area contributed by atoms with E-state index in [9.17, 15) is 13.2 Å². The van der Waals surface area contributed by atoms with Crippen LogP contribution in [0.2, 0.25) is 0 Å². The Bertz CT molecular complexity index is 402. The molecule has 2 nitrogen and oxygen atoms in total. The summed E-state index contributed by atoms with van der Waals surface area (Å²) in [4.78, 5) is 3.72. The number of halogens is 4. The first-order valence-corrected chi connectivity index (χ1v) is 6.15. The van der Waals surface area contributed by atoms with Crippen LogP contribution in [-0.2, 0) is 6.18 Å². The Morgan fingerprint density at radius 1 is 1.29 bits per heavy atom. The number of nitrogens with zero attached hydrogens (tertiary/aromatic N) is 1. The van der Waals surface area contributed by atoms with Gasteiger partial charge in [-0.25, -0.2) is 4.98 Å². The van der Waals surface area contributed by atoms with E-state index < -0.39 is 11.7 Å². The number of ether oxygens (including phenoxy) is 1. The minimum atomic E-state index is -4.44. The molecule has 1 heterocycles. The molecule has 0 radical (unpaired) electrons. The second-order valence-electron chi connectivity index (χ2n) is 4.03. The highest BCUT2D eigenvalue weighted by Gasteiger charge is 2.36. The first-order chi connectivity index (χ1) is 7.97. The van der Waals surface area contributed by atoms with Crippen LogP contribution in [0.25, 0.3) is 0 Å². The number of hydrogen-bond acceptors (Lipinski definition) is 2. The molecule has 0 unspecified atom stereocenters. The molecule has 0 saturated heterocycles. The van der Waals surface area contributed by atoms with Crippen LogP contribution in [0.5, 0.6) is 5.88 Å². The van der Waals surface area contributed by atoms with Crippen LogP contribution in [0.1, 0.15) is 31.2 Å². The zero-order valence-corrected chi connectivity index (χ0v) is 10.5. The standard InChI is InChI=1S/C11H11BrF3NO/c12-7-5-9(11(13,14)15)10(16-6-7)17-8-3-1-2-4-8/h5-6,8H,1-4H2. The van der Waals surface area contributed by atoms with Crippen molar-refractivity contribution < 1.29 is 17.9 Å². The Morgan fingerprint density at radius 3 is 2.53 bits per heavy atom. The topological polar surface area (TPSA) is 22.1 Å². The fourth-order valence-corrected chi connectivity index (χ4v) is 2.22. The van der Waals surface area contributed by atoms with Crippen LogP contribution in [-0.4, -0.2) is 11.1 Å². The largest absolute Gasteiger partial charge is 0.474 e. The lowest BCUT2D eigenvalue weighted by molar-refractivity contribution is -0.139. The van der Waals surface area contributed by atoms with Crippen molar-refractivity contribution >= 4 is 15.9 Å². The molecule has 1 saturated carbocycles. The molecule has 0 bridgehead atoms. The van der Waals surface area contributed by atoms with Crippen molar-refractivity contribution in [2.45, 2.75) is 38.0 Å². The lowest BCUT2D eigenvalue weighted by Gasteiger charge is -2.16. The van der Waals surface area contributed by atoms with Crippen LogP contribution in [0, 0.1) is 0 Å². The molecule has 94 valence electrons. The third-order valence-electron chi connectivity index (χ3n) is 2.70. The molecule has 0 N–H and O–H groups in total. The quantitative estimate of drug-likeness (QED) is 0.817. The van der Waals surface area contributed by atoms with Gasteiger partial charge in [-0.3, -0.25) is 0 Å². The molecule has 0 spiro atoms. The predicted octanol–water partition coefficient (Wildman–Crippen LogP) is 4.18. The minimum Gasteiger partial charge on any atom is -0.474 e. The van der Waals surface area contributed by atoms with Gasteiger partial charge in [-0.15, -0.1) is 0 Å². The smallest absolute Gasteiger partial charge is 0.421 e. The molecule has 0 aromatic carbocycles. The van der Waals surface area contributed by atoms with Crippen molar-refractivity contribution in [2.24, 2.45) is 0 Å². The fraction of sp³-hybridized carbons (Fsp3) is 0.545. The first-order valence-electron chi connectivity index (χ1n) is 5.36. The molecule has 1 aliphatic carbocycles. The van der Waals surface area contributed by atoms with Crippen molar-refractivity contribution in [3.8, 4) is 5.88 Å². The SMILES string of the molecule is FC(F)(F)c1cc(Br)cnc1OC1CCCC1. The fourth-order valence-electron chi connectivity index (χ4n) is 1.89. The van der Waals surface area contributed by atoms with Gasteiger partial charge in [0, 0.05) is 10.7 Å². The molecule has 1 fully saturated rings. The number of rotatable bonds is 2. The van der Waals surface area contributed by atoms with Crippen LogP contribution in [0.4, 0.5) is 13.2 Å². The van der Waals surface area contributed by atoms with Crippen molar-refractivity contribution in [3.63, 3.8) is 0 Å². The van der Waals surface area contributed by atoms with E-state index in [2.05, 4.69) is 20.9 Å². The Labute approximate surface area is 105 Å². The molecular weight excluding hydrogens is 299 g/mol. The second-order valence-corrected chi connectivity index (χ2v) is 4.94. The Kier molecular flexibility index (Phi) is 3.61. The highest BCUT2D eigenvalue weighted by Crippen LogP contribution is 2.37. The summed E-state index contributed by atoms with van der Waals surface area (Å²) in [6, 6.07) is 0.997. The van der Waals surface area contributed by atoms with E-state index in [4.69, 9.17) is 4.74 Å². The van der Waals surface area contributed by atoms with E-state index in [-0.39, 0.29) is 12.0 Å². The second kappa shape index (κ2) is 4.84. The minimum absolute atomic E-state index is 0.134. The summed E-state index contributed by atoms with van der Waals surface area (Å²) in [5.41, 5.74) is -0.821. The third-order valence-corrected chi connectivity index (χ3v) is 3.14. The van der Waals surface area contributed by atoms with E-state index in [1.807, 2.05) is 0 Å². The number of alkyl halides is 3. The molecule has 0 atom stereocenters. The van der Waals surface area contributed by atoms with Gasteiger partial charge in [-0.1, -0.05) is 0 Å². The van der Waals surface area contributed by atoms with Gasteiger partial charge in [0.05, 0.1) is 0 Å². The summed E-state index contributed by atoms with van der Waals surface area (Å²) >= 11 is 2.98. The summed E-state index contributed by atoms with van der Waals surface area (Å²) in [7, 11) is 0. The lowest BCUT2D eigenvalue weighted by Crippen LogP contribution is -2.16. The molecule has 6 heteroatoms. The van der Waals surface area contributed by atoms with Crippen LogP contribution >= 0.6 is 15.9 Å². The number of aromatic nitrogens is 1. The summed E-state index contributed by atoms with van der Waals surface area (Å²) in [5, 5.41) is 0. The van der Waals surface area contributed by atoms with Gasteiger partial charge < -0.3 is 4.74 Å². The first kappa shape index (κ1) is 12.7. The normalized spacial score (nSPS) is 17.4. The maximum atomic E-state index is 12.8. The average molecular weight is 310 g/mol. The lowest BCUT2D eigenvalue weighted by atomic mass is 10.2. The maximum absolute atomic E-state index is 12.8. The molecular formula is C11H11BrF3NO. The molecule has 17 heavy (non-hydrogen) atoms. The highest BCUT2D eigenvalue weighted by atomic mass is 79.9. The monoisotopic (exact) mass is 309 g/mol. The summed E-state index contributed by atoms with van der Waals surface area (Å²) in [6.07, 6.45) is 0.351. The van der Waals surface area contributed by atoms with Gasteiger partial charge in [0.15, 0.2) is 0 Å². The van der Waals surface area contributed by atoms with E-state index in [0.717, 1.165) is 31.7 Å². The summed E-state index contributed by atoms with van der Waals surface area (Å²) in [5.74, 6) is -0.312. The van der Waals surface area contributed by atoms with E-state index in [1.54, 1.807) is 0 Å². The van der Waals surface area contributed by atoms with E-state index >= 15 is 0 Å². The Hall–Kier alpha value is -0.780. The van der Waals surface area contributed by atoms with Crippen LogP contribution in [0.15, 0.2) is 16.7 Å². The van der Waals surface area contributed by atoms with Crippen LogP contribution < -0.4 is 4.74 Å². The highest BCUT2D eigenvalue weighted by molar-refractivity contribution is 9.10. The molecule has 1 aromatic rings. The van der Waals surface area contributed by atoms with Crippen LogP contribution in [0.3, 0.4) is 0 Å². The van der Waals surface area contributed by atoms with Gasteiger partial charge in [0.1, 0.15) is 11.7 Å². The van der Waals surface area contributed by atoms with Crippen molar-refractivity contribution in [1.29, 1.82) is 0 Å². The van der Waals surface area contributed by atoms with Crippen molar-refractivity contribution in [1.82, 2.24) is 4.98 Å². The predicted molar refractivity (Wildman–Crippen MR) is 59.8 cm³/mol. The summed E-state index contributed by atoms with van der Waals surface area (Å²) in [6.45, 7) is 0. The van der Waals surface area contributed by atoms with Crippen molar-refractivity contribution in [3.05, 3.63) is 22.3 Å². The van der Waals surface area contributed by atoms with Crippen molar-refractivity contribution in [2.75, 3.05) is 0 Å². The van der Waals surface area contributed by atoms with Gasteiger partial charge >= 0.3 is 6.18 Å². The molecule has 1 aromatic heterocycles. The number of pyridine rings is 1. The van der Waals surface area contributed by atoms with Gasteiger partial charge in [-0.2, -0.15) is 13.2 Å². The molecule has 0 amide bonds. The van der Waals surface area contributed by atoms with E-state index in [0.29, 0.717) is 4.47 Å². The van der Waals surface area contributed by atoms with Gasteiger partial charge in [0.2, 0.25) is 5.88 Å². The third kappa shape index (κ3) is 3.12. The Balaban J connectivity index is 2.25. The summed E-state index contributed by atoms with van der Waals surface area (Å²) < 4.78 is 43.9. The maximum Gasteiger partial charge on any atom is 0.421 e. The number of hydrogen-bond donors (Lipinski definition) is 0. The van der Waals surface area contributed by atoms with Gasteiger partial charge in [0.25, 0.3) is 0 Å². The van der Waals surface area contributed by atoms with Gasteiger partial charge in [-0.05, 0) is 47.7 Å². The van der Waals surface area contributed by atoms with E-state index in [1.165, 1.54) is 6.20 Å². The molecule has 1 aliphatic rings. The Morgan fingerprint density at radius 2 is 1.94 bits per heavy atom. The molecule has 0 aliphatic heterocycles. The zero-order valence-electron chi connectivity index (χ0n) is 8.93. The molecule has 2 rings (SSSR count).